The minimum absolute atomic E-state index is 0.206. The van der Waals surface area contributed by atoms with Crippen LogP contribution in [0.5, 0.6) is 0 Å². The molecule has 5 nitrogen and oxygen atoms in total. The van der Waals surface area contributed by atoms with E-state index >= 15 is 0 Å². The maximum atomic E-state index is 12.1. The van der Waals surface area contributed by atoms with Gasteiger partial charge in [-0.2, -0.15) is 5.10 Å². The number of nitrogens with one attached hydrogen (secondary N) is 2. The molecule has 2 amide bonds. The quantitative estimate of drug-likeness (QED) is 0.660. The molecule has 0 fully saturated rings. The SMILES string of the molecule is Cc1nn(CCCNC(=O)Nc2cccc3ccccc23)c(C)c1Cl. The Morgan fingerprint density at radius 3 is 2.68 bits per heavy atom. The number of aromatic nitrogens is 2. The van der Waals surface area contributed by atoms with Gasteiger partial charge in [0, 0.05) is 18.5 Å². The molecule has 0 saturated carbocycles. The van der Waals surface area contributed by atoms with Crippen LogP contribution in [0.3, 0.4) is 0 Å². The van der Waals surface area contributed by atoms with Crippen LogP contribution >= 0.6 is 11.6 Å². The lowest BCUT2D eigenvalue weighted by Gasteiger charge is -2.10. The molecule has 25 heavy (non-hydrogen) atoms. The molecule has 6 heteroatoms. The van der Waals surface area contributed by atoms with E-state index in [1.165, 1.54) is 0 Å². The highest BCUT2D eigenvalue weighted by molar-refractivity contribution is 6.31. The van der Waals surface area contributed by atoms with Gasteiger partial charge in [0.25, 0.3) is 0 Å². The lowest BCUT2D eigenvalue weighted by Crippen LogP contribution is -2.30. The van der Waals surface area contributed by atoms with Crippen molar-refractivity contribution in [2.75, 3.05) is 11.9 Å². The number of hydrogen-bond donors (Lipinski definition) is 2. The highest BCUT2D eigenvalue weighted by Crippen LogP contribution is 2.22. The van der Waals surface area contributed by atoms with Gasteiger partial charge in [0.05, 0.1) is 22.1 Å². The van der Waals surface area contributed by atoms with E-state index in [2.05, 4.69) is 15.7 Å². The molecular weight excluding hydrogens is 336 g/mol. The smallest absolute Gasteiger partial charge is 0.319 e. The average Bonchev–Trinajstić information content (AvgIpc) is 2.86. The van der Waals surface area contributed by atoms with Gasteiger partial charge in [-0.25, -0.2) is 4.79 Å². The first-order valence-corrected chi connectivity index (χ1v) is 8.66. The Morgan fingerprint density at radius 2 is 1.92 bits per heavy atom. The fraction of sp³-hybridized carbons (Fsp3) is 0.263. The first kappa shape index (κ1) is 17.3. The summed E-state index contributed by atoms with van der Waals surface area (Å²) in [6.45, 7) is 5.12. The summed E-state index contributed by atoms with van der Waals surface area (Å²) in [5, 5.41) is 13.0. The number of aryl methyl sites for hydroxylation is 2. The number of carbonyl (C=O) groups excluding carboxylic acids is 1. The number of halogens is 1. The molecule has 0 aliphatic heterocycles. The van der Waals surface area contributed by atoms with Gasteiger partial charge in [-0.3, -0.25) is 4.68 Å². The number of urea groups is 1. The highest BCUT2D eigenvalue weighted by Gasteiger charge is 2.09. The van der Waals surface area contributed by atoms with Gasteiger partial charge in [-0.1, -0.05) is 48.0 Å². The van der Waals surface area contributed by atoms with Crippen molar-refractivity contribution < 1.29 is 4.79 Å². The molecule has 0 spiro atoms. The monoisotopic (exact) mass is 356 g/mol. The summed E-state index contributed by atoms with van der Waals surface area (Å²) in [4.78, 5) is 12.1. The lowest BCUT2D eigenvalue weighted by atomic mass is 10.1. The standard InChI is InChI=1S/C19H21ClN4O/c1-13-18(20)14(2)24(23-13)12-6-11-21-19(25)22-17-10-5-8-15-7-3-4-9-16(15)17/h3-5,7-10H,6,11-12H2,1-2H3,(H2,21,22,25). The van der Waals surface area contributed by atoms with E-state index in [4.69, 9.17) is 11.6 Å². The summed E-state index contributed by atoms with van der Waals surface area (Å²) in [5.74, 6) is 0. The van der Waals surface area contributed by atoms with Gasteiger partial charge in [0.2, 0.25) is 0 Å². The molecule has 0 saturated heterocycles. The van der Waals surface area contributed by atoms with Crippen molar-refractivity contribution in [2.45, 2.75) is 26.8 Å². The van der Waals surface area contributed by atoms with Gasteiger partial charge >= 0.3 is 6.03 Å². The second-order valence-corrected chi connectivity index (χ2v) is 6.35. The van der Waals surface area contributed by atoms with Crippen LogP contribution in [0.2, 0.25) is 5.02 Å². The molecule has 2 N–H and O–H groups in total. The summed E-state index contributed by atoms with van der Waals surface area (Å²) in [5.41, 5.74) is 2.60. The maximum absolute atomic E-state index is 12.1. The summed E-state index contributed by atoms with van der Waals surface area (Å²) >= 11 is 6.14. The highest BCUT2D eigenvalue weighted by atomic mass is 35.5. The Kier molecular flexibility index (Phi) is 5.24. The average molecular weight is 357 g/mol. The molecule has 1 heterocycles. The topological polar surface area (TPSA) is 59.0 Å². The van der Waals surface area contributed by atoms with Crippen molar-refractivity contribution in [1.29, 1.82) is 0 Å². The molecule has 0 aliphatic rings. The molecule has 130 valence electrons. The van der Waals surface area contributed by atoms with Crippen molar-refractivity contribution in [3.63, 3.8) is 0 Å². The predicted molar refractivity (Wildman–Crippen MR) is 102 cm³/mol. The molecule has 3 aromatic rings. The minimum Gasteiger partial charge on any atom is -0.338 e. The van der Waals surface area contributed by atoms with E-state index in [1.54, 1.807) is 0 Å². The van der Waals surface area contributed by atoms with Crippen molar-refractivity contribution in [3.05, 3.63) is 58.9 Å². The van der Waals surface area contributed by atoms with E-state index in [-0.39, 0.29) is 6.03 Å². The van der Waals surface area contributed by atoms with Gasteiger partial charge in [0.15, 0.2) is 0 Å². The zero-order valence-corrected chi connectivity index (χ0v) is 15.1. The van der Waals surface area contributed by atoms with Crippen LogP contribution in [-0.2, 0) is 6.54 Å². The fourth-order valence-corrected chi connectivity index (χ4v) is 2.96. The summed E-state index contributed by atoms with van der Waals surface area (Å²) in [6.07, 6.45) is 0.779. The Morgan fingerprint density at radius 1 is 1.16 bits per heavy atom. The van der Waals surface area contributed by atoms with Gasteiger partial charge in [-0.15, -0.1) is 0 Å². The van der Waals surface area contributed by atoms with Gasteiger partial charge < -0.3 is 10.6 Å². The number of nitrogens with zero attached hydrogens (tertiary/aromatic N) is 2. The van der Waals surface area contributed by atoms with Crippen LogP contribution < -0.4 is 10.6 Å². The van der Waals surface area contributed by atoms with Gasteiger partial charge in [-0.05, 0) is 31.7 Å². The number of fused-ring (bicyclic) bond motifs is 1. The van der Waals surface area contributed by atoms with E-state index in [1.807, 2.05) is 61.0 Å². The molecule has 0 radical (unpaired) electrons. The summed E-state index contributed by atoms with van der Waals surface area (Å²) in [7, 11) is 0. The maximum Gasteiger partial charge on any atom is 0.319 e. The van der Waals surface area contributed by atoms with Crippen molar-refractivity contribution in [1.82, 2.24) is 15.1 Å². The van der Waals surface area contributed by atoms with Crippen molar-refractivity contribution in [3.8, 4) is 0 Å². The van der Waals surface area contributed by atoms with E-state index < -0.39 is 0 Å². The first-order chi connectivity index (χ1) is 12.1. The molecule has 3 rings (SSSR count). The number of amides is 2. The van der Waals surface area contributed by atoms with Crippen molar-refractivity contribution in [2.24, 2.45) is 0 Å². The summed E-state index contributed by atoms with van der Waals surface area (Å²) < 4.78 is 1.88. The lowest BCUT2D eigenvalue weighted by molar-refractivity contribution is 0.251. The third kappa shape index (κ3) is 3.94. The number of rotatable bonds is 5. The zero-order valence-electron chi connectivity index (χ0n) is 14.3. The Hall–Kier alpha value is -2.53. The third-order valence-corrected chi connectivity index (χ3v) is 4.71. The Balaban J connectivity index is 1.52. The molecule has 2 aromatic carbocycles. The van der Waals surface area contributed by atoms with Crippen LogP contribution in [0.4, 0.5) is 10.5 Å². The molecule has 0 bridgehead atoms. The number of anilines is 1. The predicted octanol–water partition coefficient (Wildman–Crippen LogP) is 4.52. The van der Waals surface area contributed by atoms with Gasteiger partial charge in [0.1, 0.15) is 0 Å². The van der Waals surface area contributed by atoms with Crippen molar-refractivity contribution >= 4 is 34.1 Å². The number of benzene rings is 2. The van der Waals surface area contributed by atoms with Crippen LogP contribution in [0, 0.1) is 13.8 Å². The molecule has 0 unspecified atom stereocenters. The van der Waals surface area contributed by atoms with Crippen LogP contribution in [0.25, 0.3) is 10.8 Å². The molecule has 0 atom stereocenters. The number of hydrogen-bond acceptors (Lipinski definition) is 2. The van der Waals surface area contributed by atoms with E-state index in [0.717, 1.165) is 34.3 Å². The Bertz CT molecular complexity index is 898. The van der Waals surface area contributed by atoms with Crippen LogP contribution in [0.15, 0.2) is 42.5 Å². The third-order valence-electron chi connectivity index (χ3n) is 4.16. The normalized spacial score (nSPS) is 10.8. The Labute approximate surface area is 152 Å². The first-order valence-electron chi connectivity index (χ1n) is 8.28. The fourth-order valence-electron chi connectivity index (χ4n) is 2.82. The second kappa shape index (κ2) is 7.57. The summed E-state index contributed by atoms with van der Waals surface area (Å²) in [6, 6.07) is 13.6. The molecule has 1 aromatic heterocycles. The molecule has 0 aliphatic carbocycles. The second-order valence-electron chi connectivity index (χ2n) is 5.97. The minimum atomic E-state index is -0.206. The molecular formula is C19H21ClN4O. The van der Waals surface area contributed by atoms with Crippen LogP contribution in [-0.4, -0.2) is 22.4 Å². The van der Waals surface area contributed by atoms with E-state index in [0.29, 0.717) is 18.1 Å². The van der Waals surface area contributed by atoms with Crippen LogP contribution in [0.1, 0.15) is 17.8 Å². The largest absolute Gasteiger partial charge is 0.338 e. The number of carbonyl (C=O) groups is 1. The van der Waals surface area contributed by atoms with E-state index in [9.17, 15) is 4.79 Å². The zero-order chi connectivity index (χ0) is 17.8.